The maximum atomic E-state index is 11.5. The molecule has 3 nitrogen and oxygen atoms in total. The summed E-state index contributed by atoms with van der Waals surface area (Å²) in [5.74, 6) is 1.03. The van der Waals surface area contributed by atoms with Crippen LogP contribution in [0.5, 0.6) is 0 Å². The molecule has 0 aromatic rings. The first-order valence-corrected chi connectivity index (χ1v) is 5.16. The van der Waals surface area contributed by atoms with Crippen molar-refractivity contribution in [3.8, 4) is 0 Å². The van der Waals surface area contributed by atoms with Crippen molar-refractivity contribution in [1.82, 2.24) is 0 Å². The molecule has 0 aromatic carbocycles. The van der Waals surface area contributed by atoms with E-state index >= 15 is 0 Å². The van der Waals surface area contributed by atoms with E-state index in [0.717, 1.165) is 6.42 Å². The summed E-state index contributed by atoms with van der Waals surface area (Å²) in [6.45, 7) is 2.32. The smallest absolute Gasteiger partial charge is 0.310 e. The number of carbonyl (C=O) groups excluding carboxylic acids is 1. The molecule has 2 rings (SSSR count). The largest absolute Gasteiger partial charge is 0.466 e. The van der Waals surface area contributed by atoms with Crippen LogP contribution in [-0.2, 0) is 9.53 Å². The zero-order valence-corrected chi connectivity index (χ0v) is 8.03. The number of ether oxygens (including phenoxy) is 1. The fourth-order valence-corrected chi connectivity index (χ4v) is 2.92. The Morgan fingerprint density at radius 1 is 1.46 bits per heavy atom. The number of esters is 1. The molecule has 2 aliphatic carbocycles. The molecule has 2 saturated carbocycles. The highest BCUT2D eigenvalue weighted by Crippen LogP contribution is 2.47. The average Bonchev–Trinajstić information content (AvgIpc) is 2.63. The van der Waals surface area contributed by atoms with E-state index in [4.69, 9.17) is 10.5 Å². The van der Waals surface area contributed by atoms with Crippen LogP contribution in [-0.4, -0.2) is 18.6 Å². The van der Waals surface area contributed by atoms with Crippen LogP contribution in [0, 0.1) is 17.8 Å². The number of hydrogen-bond acceptors (Lipinski definition) is 3. The van der Waals surface area contributed by atoms with E-state index < -0.39 is 0 Å². The zero-order valence-electron chi connectivity index (χ0n) is 8.03. The Balaban J connectivity index is 2.03. The Labute approximate surface area is 78.6 Å². The first kappa shape index (κ1) is 9.00. The summed E-state index contributed by atoms with van der Waals surface area (Å²) >= 11 is 0. The van der Waals surface area contributed by atoms with Crippen molar-refractivity contribution in [3.63, 3.8) is 0 Å². The van der Waals surface area contributed by atoms with Gasteiger partial charge in [-0.2, -0.15) is 0 Å². The molecule has 4 atom stereocenters. The Morgan fingerprint density at radius 2 is 2.15 bits per heavy atom. The van der Waals surface area contributed by atoms with Crippen molar-refractivity contribution >= 4 is 5.97 Å². The summed E-state index contributed by atoms with van der Waals surface area (Å²) in [5.41, 5.74) is 5.99. The number of nitrogens with two attached hydrogens (primary N) is 1. The molecule has 2 aliphatic rings. The van der Waals surface area contributed by atoms with E-state index in [9.17, 15) is 4.79 Å². The van der Waals surface area contributed by atoms with Gasteiger partial charge in [-0.1, -0.05) is 0 Å². The molecular weight excluding hydrogens is 166 g/mol. The van der Waals surface area contributed by atoms with Crippen LogP contribution in [0.3, 0.4) is 0 Å². The highest BCUT2D eigenvalue weighted by Gasteiger charge is 2.49. The van der Waals surface area contributed by atoms with Crippen molar-refractivity contribution in [1.29, 1.82) is 0 Å². The second kappa shape index (κ2) is 3.29. The van der Waals surface area contributed by atoms with Gasteiger partial charge in [0.2, 0.25) is 0 Å². The topological polar surface area (TPSA) is 52.3 Å². The van der Waals surface area contributed by atoms with Gasteiger partial charge in [0, 0.05) is 6.04 Å². The number of hydrogen-bond donors (Lipinski definition) is 1. The summed E-state index contributed by atoms with van der Waals surface area (Å²) in [6, 6.07) is 0.0674. The molecule has 2 N–H and O–H groups in total. The predicted octanol–water partition coefficient (Wildman–Crippen LogP) is 0.923. The normalized spacial score (nSPS) is 42.3. The standard InChI is InChI=1S/C10H17NO2/c1-2-13-10(12)8-6-3-4-7(5-6)9(8)11/h6-9H,2-5,11H2,1H3/t6-,7+,8+,9+/m1/s1. The van der Waals surface area contributed by atoms with E-state index in [0.29, 0.717) is 18.4 Å². The minimum atomic E-state index is -0.0674. The third kappa shape index (κ3) is 1.35. The summed E-state index contributed by atoms with van der Waals surface area (Å²) in [6.07, 6.45) is 3.52. The van der Waals surface area contributed by atoms with E-state index in [1.165, 1.54) is 12.8 Å². The fraction of sp³-hybridized carbons (Fsp3) is 0.900. The number of carbonyl (C=O) groups is 1. The van der Waals surface area contributed by atoms with Crippen LogP contribution in [0.2, 0.25) is 0 Å². The van der Waals surface area contributed by atoms with Crippen molar-refractivity contribution in [2.45, 2.75) is 32.2 Å². The van der Waals surface area contributed by atoms with Gasteiger partial charge in [0.15, 0.2) is 0 Å². The molecule has 2 bridgehead atoms. The molecular formula is C10H17NO2. The predicted molar refractivity (Wildman–Crippen MR) is 48.9 cm³/mol. The van der Waals surface area contributed by atoms with Gasteiger partial charge in [-0.05, 0) is 38.0 Å². The maximum absolute atomic E-state index is 11.5. The lowest BCUT2D eigenvalue weighted by Gasteiger charge is -2.25. The lowest BCUT2D eigenvalue weighted by Crippen LogP contribution is -2.41. The van der Waals surface area contributed by atoms with Gasteiger partial charge in [0.25, 0.3) is 0 Å². The summed E-state index contributed by atoms with van der Waals surface area (Å²) in [4.78, 5) is 11.5. The molecule has 2 fully saturated rings. The lowest BCUT2D eigenvalue weighted by molar-refractivity contribution is -0.150. The number of rotatable bonds is 2. The van der Waals surface area contributed by atoms with Crippen LogP contribution in [0.4, 0.5) is 0 Å². The molecule has 0 radical (unpaired) electrons. The van der Waals surface area contributed by atoms with Crippen molar-refractivity contribution in [2.75, 3.05) is 6.61 Å². The van der Waals surface area contributed by atoms with Crippen molar-refractivity contribution in [3.05, 3.63) is 0 Å². The average molecular weight is 183 g/mol. The maximum Gasteiger partial charge on any atom is 0.310 e. The molecule has 0 aromatic heterocycles. The molecule has 13 heavy (non-hydrogen) atoms. The first-order chi connectivity index (χ1) is 6.24. The minimum absolute atomic E-state index is 0.00120. The molecule has 0 heterocycles. The van der Waals surface area contributed by atoms with Crippen molar-refractivity contribution < 1.29 is 9.53 Å². The highest BCUT2D eigenvalue weighted by atomic mass is 16.5. The second-order valence-electron chi connectivity index (χ2n) is 4.19. The van der Waals surface area contributed by atoms with Crippen LogP contribution < -0.4 is 5.73 Å². The first-order valence-electron chi connectivity index (χ1n) is 5.16. The van der Waals surface area contributed by atoms with Gasteiger partial charge in [0.05, 0.1) is 12.5 Å². The van der Waals surface area contributed by atoms with Crippen LogP contribution >= 0.6 is 0 Å². The molecule has 3 heteroatoms. The third-order valence-electron chi connectivity index (χ3n) is 3.54. The van der Waals surface area contributed by atoms with Gasteiger partial charge in [-0.25, -0.2) is 0 Å². The van der Waals surface area contributed by atoms with Gasteiger partial charge in [0.1, 0.15) is 0 Å². The van der Waals surface area contributed by atoms with Crippen molar-refractivity contribution in [2.24, 2.45) is 23.5 Å². The van der Waals surface area contributed by atoms with Gasteiger partial charge in [-0.3, -0.25) is 4.79 Å². The monoisotopic (exact) mass is 183 g/mol. The second-order valence-corrected chi connectivity index (χ2v) is 4.19. The third-order valence-corrected chi connectivity index (χ3v) is 3.54. The lowest BCUT2D eigenvalue weighted by atomic mass is 9.85. The fourth-order valence-electron chi connectivity index (χ4n) is 2.92. The van der Waals surface area contributed by atoms with E-state index in [1.54, 1.807) is 0 Å². The van der Waals surface area contributed by atoms with E-state index in [-0.39, 0.29) is 17.9 Å². The molecule has 0 amide bonds. The zero-order chi connectivity index (χ0) is 9.42. The van der Waals surface area contributed by atoms with E-state index in [2.05, 4.69) is 0 Å². The Bertz CT molecular complexity index is 215. The van der Waals surface area contributed by atoms with Crippen LogP contribution in [0.25, 0.3) is 0 Å². The van der Waals surface area contributed by atoms with Gasteiger partial charge in [-0.15, -0.1) is 0 Å². The van der Waals surface area contributed by atoms with Gasteiger partial charge < -0.3 is 10.5 Å². The molecule has 74 valence electrons. The molecule has 0 saturated heterocycles. The highest BCUT2D eigenvalue weighted by molar-refractivity contribution is 5.74. The Morgan fingerprint density at radius 3 is 2.69 bits per heavy atom. The minimum Gasteiger partial charge on any atom is -0.466 e. The quantitative estimate of drug-likeness (QED) is 0.648. The molecule has 0 spiro atoms. The van der Waals surface area contributed by atoms with Crippen LogP contribution in [0.15, 0.2) is 0 Å². The van der Waals surface area contributed by atoms with Gasteiger partial charge >= 0.3 is 5.97 Å². The summed E-state index contributed by atoms with van der Waals surface area (Å²) < 4.78 is 5.03. The number of fused-ring (bicyclic) bond motifs is 2. The summed E-state index contributed by atoms with van der Waals surface area (Å²) in [7, 11) is 0. The SMILES string of the molecule is CCOC(=O)[C@H]1[C@@H]2CC[C@@H](C2)[C@@H]1N. The molecule has 0 unspecified atom stereocenters. The van der Waals surface area contributed by atoms with E-state index in [1.807, 2.05) is 6.92 Å². The van der Waals surface area contributed by atoms with Crippen LogP contribution in [0.1, 0.15) is 26.2 Å². The molecule has 0 aliphatic heterocycles. The Hall–Kier alpha value is -0.570. The Kier molecular flexibility index (Phi) is 2.28. The summed E-state index contributed by atoms with van der Waals surface area (Å²) in [5, 5.41) is 0.